The molecule has 0 aromatic heterocycles. The molecule has 1 atom stereocenters. The summed E-state index contributed by atoms with van der Waals surface area (Å²) in [5, 5.41) is 2.39. The van der Waals surface area contributed by atoms with E-state index >= 15 is 0 Å². The maximum absolute atomic E-state index is 13.3. The molecule has 0 saturated heterocycles. The maximum Gasteiger partial charge on any atom is 0.240 e. The minimum Gasteiger partial charge on any atom is -0.486 e. The Balaban J connectivity index is 1.62. The average Bonchev–Trinajstić information content (AvgIpc) is 2.65. The van der Waals surface area contributed by atoms with E-state index in [-0.39, 0.29) is 23.9 Å². The number of anilines is 1. The minimum atomic E-state index is -3.79. The Kier molecular flexibility index (Phi) is 5.95. The zero-order valence-electron chi connectivity index (χ0n) is 14.9. The van der Waals surface area contributed by atoms with Gasteiger partial charge in [-0.3, -0.25) is 9.10 Å². The zero-order valence-corrected chi connectivity index (χ0v) is 16.5. The van der Waals surface area contributed by atoms with Crippen molar-refractivity contribution < 1.29 is 27.1 Å². The van der Waals surface area contributed by atoms with E-state index in [1.54, 1.807) is 18.2 Å². The molecule has 28 heavy (non-hydrogen) atoms. The summed E-state index contributed by atoms with van der Waals surface area (Å²) in [7, 11) is -3.79. The Hall–Kier alpha value is -2.52. The van der Waals surface area contributed by atoms with Crippen molar-refractivity contribution in [1.29, 1.82) is 0 Å². The molecule has 0 saturated carbocycles. The first kappa shape index (κ1) is 20.2. The highest BCUT2D eigenvalue weighted by molar-refractivity contribution is 7.92. The second-order valence-corrected chi connectivity index (χ2v) is 8.48. The highest BCUT2D eigenvalue weighted by Crippen LogP contribution is 2.30. The van der Waals surface area contributed by atoms with Crippen LogP contribution in [0.25, 0.3) is 0 Å². The molecule has 2 aromatic carbocycles. The van der Waals surface area contributed by atoms with Gasteiger partial charge >= 0.3 is 0 Å². The monoisotopic (exact) mass is 428 g/mol. The Bertz CT molecular complexity index is 986. The number of carbonyl (C=O) groups is 1. The predicted octanol–water partition coefficient (Wildman–Crippen LogP) is 2.20. The lowest BCUT2D eigenvalue weighted by atomic mass is 10.2. The van der Waals surface area contributed by atoms with Crippen LogP contribution in [-0.4, -0.2) is 46.4 Å². The molecule has 2 aromatic rings. The third-order valence-corrected chi connectivity index (χ3v) is 5.40. The first-order valence-corrected chi connectivity index (χ1v) is 10.5. The number of benzene rings is 2. The van der Waals surface area contributed by atoms with Gasteiger partial charge in [0.2, 0.25) is 15.9 Å². The van der Waals surface area contributed by atoms with Crippen LogP contribution in [0.15, 0.2) is 42.5 Å². The Morgan fingerprint density at radius 1 is 1.29 bits per heavy atom. The summed E-state index contributed by atoms with van der Waals surface area (Å²) in [6, 6.07) is 10.6. The summed E-state index contributed by atoms with van der Waals surface area (Å²) >= 11 is 5.72. The molecule has 1 amide bonds. The van der Waals surface area contributed by atoms with E-state index in [9.17, 15) is 17.6 Å². The molecule has 0 radical (unpaired) electrons. The molecule has 7 nitrogen and oxygen atoms in total. The molecule has 0 unspecified atom stereocenters. The lowest BCUT2D eigenvalue weighted by molar-refractivity contribution is -0.120. The highest BCUT2D eigenvalue weighted by atomic mass is 35.5. The molecular weight excluding hydrogens is 411 g/mol. The standard InChI is InChI=1S/C18H18ClFN2O5S/c1-28(24,25)22(12-6-7-15(20)14(19)8-12)10-18(23)21-9-13-11-26-16-4-2-3-5-17(16)27-13/h2-8,13H,9-11H2,1H3,(H,21,23)/t13-/m1/s1. The van der Waals surface area contributed by atoms with Crippen LogP contribution in [0, 0.1) is 5.82 Å². The van der Waals surface area contributed by atoms with Gasteiger partial charge in [-0.05, 0) is 30.3 Å². The third-order valence-electron chi connectivity index (χ3n) is 3.97. The number of ether oxygens (including phenoxy) is 2. The molecule has 0 aliphatic carbocycles. The van der Waals surface area contributed by atoms with E-state index in [0.29, 0.717) is 11.5 Å². The topological polar surface area (TPSA) is 84.9 Å². The second-order valence-electron chi connectivity index (χ2n) is 6.17. The van der Waals surface area contributed by atoms with Gasteiger partial charge < -0.3 is 14.8 Å². The van der Waals surface area contributed by atoms with Gasteiger partial charge in [-0.25, -0.2) is 12.8 Å². The van der Waals surface area contributed by atoms with Crippen molar-refractivity contribution >= 4 is 33.2 Å². The maximum atomic E-state index is 13.3. The summed E-state index contributed by atoms with van der Waals surface area (Å²) in [5.74, 6) is -0.0281. The summed E-state index contributed by atoms with van der Waals surface area (Å²) < 4.78 is 49.6. The van der Waals surface area contributed by atoms with Gasteiger partial charge in [0.15, 0.2) is 11.5 Å². The van der Waals surface area contributed by atoms with Gasteiger partial charge in [0.1, 0.15) is 25.1 Å². The van der Waals surface area contributed by atoms with Crippen LogP contribution in [0.1, 0.15) is 0 Å². The van der Waals surface area contributed by atoms with Crippen molar-refractivity contribution in [3.05, 3.63) is 53.3 Å². The van der Waals surface area contributed by atoms with E-state index in [1.807, 2.05) is 6.07 Å². The number of para-hydroxylation sites is 2. The fourth-order valence-corrected chi connectivity index (χ4v) is 3.64. The van der Waals surface area contributed by atoms with E-state index in [4.69, 9.17) is 21.1 Å². The van der Waals surface area contributed by atoms with Crippen LogP contribution in [0.5, 0.6) is 11.5 Å². The van der Waals surface area contributed by atoms with Gasteiger partial charge in [0.05, 0.1) is 23.5 Å². The Labute approximate surface area is 167 Å². The van der Waals surface area contributed by atoms with Crippen LogP contribution in [0.3, 0.4) is 0 Å². The first-order valence-electron chi connectivity index (χ1n) is 8.32. The molecule has 1 N–H and O–H groups in total. The van der Waals surface area contributed by atoms with Gasteiger partial charge in [0, 0.05) is 0 Å². The Morgan fingerprint density at radius 3 is 2.68 bits per heavy atom. The predicted molar refractivity (Wildman–Crippen MR) is 103 cm³/mol. The molecule has 150 valence electrons. The second kappa shape index (κ2) is 8.24. The number of carbonyl (C=O) groups excluding carboxylic acids is 1. The smallest absolute Gasteiger partial charge is 0.240 e. The van der Waals surface area contributed by atoms with Gasteiger partial charge in [-0.1, -0.05) is 23.7 Å². The number of fused-ring (bicyclic) bond motifs is 1. The van der Waals surface area contributed by atoms with Crippen LogP contribution in [-0.2, 0) is 14.8 Å². The Morgan fingerprint density at radius 2 is 2.00 bits per heavy atom. The van der Waals surface area contributed by atoms with Crippen LogP contribution in [0.2, 0.25) is 5.02 Å². The van der Waals surface area contributed by atoms with Crippen LogP contribution < -0.4 is 19.1 Å². The number of rotatable bonds is 6. The van der Waals surface area contributed by atoms with Crippen molar-refractivity contribution in [3.8, 4) is 11.5 Å². The molecule has 0 spiro atoms. The number of sulfonamides is 1. The molecular formula is C18H18ClFN2O5S. The number of amides is 1. The lowest BCUT2D eigenvalue weighted by Gasteiger charge is -2.27. The van der Waals surface area contributed by atoms with E-state index < -0.39 is 34.4 Å². The quantitative estimate of drug-likeness (QED) is 0.762. The third kappa shape index (κ3) is 4.85. The SMILES string of the molecule is CS(=O)(=O)N(CC(=O)NC[C@@H]1COc2ccccc2O1)c1ccc(F)c(Cl)c1. The summed E-state index contributed by atoms with van der Waals surface area (Å²) in [4.78, 5) is 12.3. The van der Waals surface area contributed by atoms with E-state index in [1.165, 1.54) is 6.07 Å². The van der Waals surface area contributed by atoms with E-state index in [0.717, 1.165) is 22.7 Å². The molecule has 1 heterocycles. The molecule has 10 heteroatoms. The lowest BCUT2D eigenvalue weighted by Crippen LogP contribution is -2.45. The summed E-state index contributed by atoms with van der Waals surface area (Å²) in [6.45, 7) is -0.0967. The molecule has 1 aliphatic heterocycles. The average molecular weight is 429 g/mol. The van der Waals surface area contributed by atoms with Crippen molar-refractivity contribution in [1.82, 2.24) is 5.32 Å². The zero-order chi connectivity index (χ0) is 20.3. The fourth-order valence-electron chi connectivity index (χ4n) is 2.62. The number of nitrogens with zero attached hydrogens (tertiary/aromatic N) is 1. The fraction of sp³-hybridized carbons (Fsp3) is 0.278. The molecule has 3 rings (SSSR count). The highest BCUT2D eigenvalue weighted by Gasteiger charge is 2.24. The van der Waals surface area contributed by atoms with Gasteiger partial charge in [-0.2, -0.15) is 0 Å². The van der Waals surface area contributed by atoms with Crippen LogP contribution in [0.4, 0.5) is 10.1 Å². The molecule has 1 aliphatic rings. The largest absolute Gasteiger partial charge is 0.486 e. The van der Waals surface area contributed by atoms with Crippen LogP contribution >= 0.6 is 11.6 Å². The number of hydrogen-bond donors (Lipinski definition) is 1. The number of hydrogen-bond acceptors (Lipinski definition) is 5. The molecule has 0 bridgehead atoms. The van der Waals surface area contributed by atoms with E-state index in [2.05, 4.69) is 5.32 Å². The van der Waals surface area contributed by atoms with Gasteiger partial charge in [0.25, 0.3) is 0 Å². The normalized spacial score (nSPS) is 15.8. The van der Waals surface area contributed by atoms with Gasteiger partial charge in [-0.15, -0.1) is 0 Å². The van der Waals surface area contributed by atoms with Crippen molar-refractivity contribution in [2.75, 3.05) is 30.3 Å². The number of halogens is 2. The first-order chi connectivity index (χ1) is 13.2. The van der Waals surface area contributed by atoms with Crippen molar-refractivity contribution in [2.24, 2.45) is 0 Å². The number of nitrogens with one attached hydrogen (secondary N) is 1. The van der Waals surface area contributed by atoms with Crippen molar-refractivity contribution in [3.63, 3.8) is 0 Å². The summed E-state index contributed by atoms with van der Waals surface area (Å²) in [6.07, 6.45) is 0.540. The van der Waals surface area contributed by atoms with Crippen molar-refractivity contribution in [2.45, 2.75) is 6.10 Å². The summed E-state index contributed by atoms with van der Waals surface area (Å²) in [5.41, 5.74) is 0.0928. The molecule has 0 fully saturated rings. The minimum absolute atomic E-state index is 0.0928.